The van der Waals surface area contributed by atoms with Crippen molar-refractivity contribution < 1.29 is 19.7 Å². The third-order valence-corrected chi connectivity index (χ3v) is 2.86. The van der Waals surface area contributed by atoms with E-state index in [0.29, 0.717) is 13.2 Å². The molecular weight excluding hydrogens is 210 g/mol. The van der Waals surface area contributed by atoms with Gasteiger partial charge in [0, 0.05) is 19.2 Å². The molecule has 0 radical (unpaired) electrons. The zero-order chi connectivity index (χ0) is 11.8. The molecule has 0 saturated carbocycles. The number of carboxylic acids is 1. The molecule has 1 aliphatic heterocycles. The van der Waals surface area contributed by atoms with Crippen LogP contribution < -0.4 is 0 Å². The Kier molecular flexibility index (Phi) is 6.37. The summed E-state index contributed by atoms with van der Waals surface area (Å²) in [7, 11) is 0. The quantitative estimate of drug-likeness (QED) is 0.618. The highest BCUT2D eigenvalue weighted by molar-refractivity contribution is 5.67. The van der Waals surface area contributed by atoms with Gasteiger partial charge < -0.3 is 14.9 Å². The standard InChI is InChI=1S/C11H21NO4/c13-6-3-1-2-4-12-5-7-16-9-10(12)8-11(14)15/h10,13H,1-9H2,(H,14,15). The minimum absolute atomic E-state index is 0.0142. The molecule has 1 atom stereocenters. The fourth-order valence-electron chi connectivity index (χ4n) is 1.98. The van der Waals surface area contributed by atoms with Crippen molar-refractivity contribution in [1.29, 1.82) is 0 Å². The predicted molar refractivity (Wildman–Crippen MR) is 59.4 cm³/mol. The van der Waals surface area contributed by atoms with E-state index >= 15 is 0 Å². The third kappa shape index (κ3) is 4.92. The monoisotopic (exact) mass is 231 g/mol. The molecule has 1 aliphatic rings. The van der Waals surface area contributed by atoms with Crippen LogP contribution in [0.25, 0.3) is 0 Å². The molecule has 0 spiro atoms. The van der Waals surface area contributed by atoms with E-state index < -0.39 is 5.97 Å². The van der Waals surface area contributed by atoms with Crippen molar-refractivity contribution in [2.24, 2.45) is 0 Å². The maximum Gasteiger partial charge on any atom is 0.305 e. The second kappa shape index (κ2) is 7.60. The summed E-state index contributed by atoms with van der Waals surface area (Å²) in [4.78, 5) is 12.9. The van der Waals surface area contributed by atoms with E-state index in [1.165, 1.54) is 0 Å². The number of carboxylic acid groups (broad SMARTS) is 1. The highest BCUT2D eigenvalue weighted by Crippen LogP contribution is 2.12. The Balaban J connectivity index is 2.26. The van der Waals surface area contributed by atoms with E-state index in [4.69, 9.17) is 14.9 Å². The Morgan fingerprint density at radius 3 is 2.88 bits per heavy atom. The van der Waals surface area contributed by atoms with Gasteiger partial charge in [-0.15, -0.1) is 0 Å². The molecule has 5 nitrogen and oxygen atoms in total. The van der Waals surface area contributed by atoms with Crippen LogP contribution in [-0.2, 0) is 9.53 Å². The lowest BCUT2D eigenvalue weighted by atomic mass is 10.1. The predicted octanol–water partition coefficient (Wildman–Crippen LogP) is 0.324. The molecule has 94 valence electrons. The zero-order valence-corrected chi connectivity index (χ0v) is 9.60. The first-order valence-corrected chi connectivity index (χ1v) is 5.88. The summed E-state index contributed by atoms with van der Waals surface area (Å²) in [6.45, 7) is 3.17. The summed E-state index contributed by atoms with van der Waals surface area (Å²) >= 11 is 0. The lowest BCUT2D eigenvalue weighted by Crippen LogP contribution is -2.46. The molecule has 1 fully saturated rings. The molecule has 2 N–H and O–H groups in total. The summed E-state index contributed by atoms with van der Waals surface area (Å²) in [5, 5.41) is 17.4. The van der Waals surface area contributed by atoms with E-state index in [-0.39, 0.29) is 19.1 Å². The van der Waals surface area contributed by atoms with Crippen molar-refractivity contribution in [3.8, 4) is 0 Å². The number of unbranched alkanes of at least 4 members (excludes halogenated alkanes) is 2. The fourth-order valence-corrected chi connectivity index (χ4v) is 1.98. The van der Waals surface area contributed by atoms with Gasteiger partial charge in [-0.25, -0.2) is 0 Å². The number of morpholine rings is 1. The Labute approximate surface area is 96.0 Å². The maximum atomic E-state index is 10.7. The molecule has 0 amide bonds. The van der Waals surface area contributed by atoms with E-state index in [1.807, 2.05) is 0 Å². The first kappa shape index (κ1) is 13.4. The smallest absolute Gasteiger partial charge is 0.305 e. The Morgan fingerprint density at radius 1 is 1.38 bits per heavy atom. The Bertz CT molecular complexity index is 210. The van der Waals surface area contributed by atoms with Gasteiger partial charge in [0.15, 0.2) is 0 Å². The van der Waals surface area contributed by atoms with Crippen LogP contribution >= 0.6 is 0 Å². The highest BCUT2D eigenvalue weighted by atomic mass is 16.5. The van der Waals surface area contributed by atoms with Crippen LogP contribution in [0, 0.1) is 0 Å². The normalized spacial score (nSPS) is 22.2. The number of nitrogens with zero attached hydrogens (tertiary/aromatic N) is 1. The molecule has 0 aliphatic carbocycles. The topological polar surface area (TPSA) is 70.0 Å². The van der Waals surface area contributed by atoms with E-state index in [2.05, 4.69) is 4.90 Å². The van der Waals surface area contributed by atoms with Gasteiger partial charge in [-0.3, -0.25) is 9.69 Å². The molecule has 1 saturated heterocycles. The van der Waals surface area contributed by atoms with E-state index in [1.54, 1.807) is 0 Å². The molecule has 1 rings (SSSR count). The number of carbonyl (C=O) groups is 1. The van der Waals surface area contributed by atoms with Crippen molar-refractivity contribution in [3.63, 3.8) is 0 Å². The first-order chi connectivity index (χ1) is 7.74. The fraction of sp³-hybridized carbons (Fsp3) is 0.909. The number of hydrogen-bond donors (Lipinski definition) is 2. The van der Waals surface area contributed by atoms with Crippen molar-refractivity contribution in [1.82, 2.24) is 4.90 Å². The third-order valence-electron chi connectivity index (χ3n) is 2.86. The lowest BCUT2D eigenvalue weighted by Gasteiger charge is -2.34. The van der Waals surface area contributed by atoms with Crippen LogP contribution in [0.3, 0.4) is 0 Å². The van der Waals surface area contributed by atoms with Crippen molar-refractivity contribution in [3.05, 3.63) is 0 Å². The highest BCUT2D eigenvalue weighted by Gasteiger charge is 2.24. The summed E-state index contributed by atoms with van der Waals surface area (Å²) in [5.74, 6) is -0.768. The molecule has 1 heterocycles. The number of aliphatic carboxylic acids is 1. The van der Waals surface area contributed by atoms with Crippen LogP contribution in [0.15, 0.2) is 0 Å². The molecule has 0 aromatic rings. The lowest BCUT2D eigenvalue weighted by molar-refractivity contribution is -0.140. The number of aliphatic hydroxyl groups is 1. The van der Waals surface area contributed by atoms with Gasteiger partial charge in [-0.2, -0.15) is 0 Å². The second-order valence-electron chi connectivity index (χ2n) is 4.15. The van der Waals surface area contributed by atoms with Gasteiger partial charge in [0.1, 0.15) is 0 Å². The molecule has 5 heteroatoms. The summed E-state index contributed by atoms with van der Waals surface area (Å²) in [6, 6.07) is 0.0142. The first-order valence-electron chi connectivity index (χ1n) is 5.88. The van der Waals surface area contributed by atoms with Crippen molar-refractivity contribution in [2.45, 2.75) is 31.7 Å². The number of hydrogen-bond acceptors (Lipinski definition) is 4. The molecular formula is C11H21NO4. The van der Waals surface area contributed by atoms with Crippen LogP contribution in [0.1, 0.15) is 25.7 Å². The second-order valence-corrected chi connectivity index (χ2v) is 4.15. The Morgan fingerprint density at radius 2 is 2.19 bits per heavy atom. The van der Waals surface area contributed by atoms with Gasteiger partial charge in [-0.1, -0.05) is 0 Å². The molecule has 0 bridgehead atoms. The molecule has 1 unspecified atom stereocenters. The SMILES string of the molecule is O=C(O)CC1COCCN1CCCCCO. The van der Waals surface area contributed by atoms with E-state index in [9.17, 15) is 4.79 Å². The van der Waals surface area contributed by atoms with Gasteiger partial charge in [0.05, 0.1) is 19.6 Å². The zero-order valence-electron chi connectivity index (χ0n) is 9.60. The molecule has 0 aromatic carbocycles. The minimum Gasteiger partial charge on any atom is -0.481 e. The van der Waals surface area contributed by atoms with Crippen LogP contribution in [0.5, 0.6) is 0 Å². The number of rotatable bonds is 7. The average molecular weight is 231 g/mol. The van der Waals surface area contributed by atoms with Crippen molar-refractivity contribution >= 4 is 5.97 Å². The van der Waals surface area contributed by atoms with Crippen LogP contribution in [0.2, 0.25) is 0 Å². The largest absolute Gasteiger partial charge is 0.481 e. The number of ether oxygens (including phenoxy) is 1. The maximum absolute atomic E-state index is 10.7. The van der Waals surface area contributed by atoms with E-state index in [0.717, 1.165) is 32.4 Å². The Hall–Kier alpha value is -0.650. The van der Waals surface area contributed by atoms with Gasteiger partial charge in [-0.05, 0) is 25.8 Å². The summed E-state index contributed by atoms with van der Waals surface area (Å²) < 4.78 is 5.30. The van der Waals surface area contributed by atoms with Gasteiger partial charge >= 0.3 is 5.97 Å². The molecule has 0 aromatic heterocycles. The van der Waals surface area contributed by atoms with Gasteiger partial charge in [0.25, 0.3) is 0 Å². The van der Waals surface area contributed by atoms with Crippen LogP contribution in [0.4, 0.5) is 0 Å². The summed E-state index contributed by atoms with van der Waals surface area (Å²) in [5.41, 5.74) is 0. The summed E-state index contributed by atoms with van der Waals surface area (Å²) in [6.07, 6.45) is 2.98. The minimum atomic E-state index is -0.768. The van der Waals surface area contributed by atoms with Gasteiger partial charge in [0.2, 0.25) is 0 Å². The number of aliphatic hydroxyl groups excluding tert-OH is 1. The van der Waals surface area contributed by atoms with Crippen molar-refractivity contribution in [2.75, 3.05) is 32.9 Å². The average Bonchev–Trinajstić information content (AvgIpc) is 2.26. The molecule has 16 heavy (non-hydrogen) atoms. The van der Waals surface area contributed by atoms with Crippen LogP contribution in [-0.4, -0.2) is 60.0 Å².